The zero-order chi connectivity index (χ0) is 20.9. The smallest absolute Gasteiger partial charge is 0.315 e. The molecular weight excluding hydrogens is 372 g/mol. The molecule has 0 aromatic heterocycles. The van der Waals surface area contributed by atoms with Gasteiger partial charge in [0.15, 0.2) is 0 Å². The summed E-state index contributed by atoms with van der Waals surface area (Å²) in [5.74, 6) is -0.791. The third-order valence-electron chi connectivity index (χ3n) is 4.37. The maximum atomic E-state index is 11.4. The fourth-order valence-electron chi connectivity index (χ4n) is 2.88. The number of hydrogen-bond acceptors (Lipinski definition) is 5. The van der Waals surface area contributed by atoms with Gasteiger partial charge in [0.05, 0.1) is 6.61 Å². The van der Waals surface area contributed by atoms with Crippen molar-refractivity contribution in [1.82, 2.24) is 10.6 Å². The molecule has 0 fully saturated rings. The average Bonchev–Trinajstić information content (AvgIpc) is 2.73. The molecule has 0 aliphatic rings. The van der Waals surface area contributed by atoms with E-state index in [1.54, 1.807) is 29.6 Å². The average molecular weight is 398 g/mol. The van der Waals surface area contributed by atoms with E-state index in [0.717, 1.165) is 37.9 Å². The van der Waals surface area contributed by atoms with Gasteiger partial charge >= 0.3 is 11.8 Å². The van der Waals surface area contributed by atoms with Crippen LogP contribution in [0.25, 0.3) is 0 Å². The summed E-state index contributed by atoms with van der Waals surface area (Å²) in [6.07, 6.45) is 4.45. The zero-order valence-corrected chi connectivity index (χ0v) is 16.2. The van der Waals surface area contributed by atoms with Gasteiger partial charge in [0.2, 0.25) is 6.41 Å². The normalized spacial score (nSPS) is 10.2. The van der Waals surface area contributed by atoms with Crippen LogP contribution in [0.1, 0.15) is 30.4 Å². The van der Waals surface area contributed by atoms with E-state index in [9.17, 15) is 19.5 Å². The van der Waals surface area contributed by atoms with E-state index >= 15 is 0 Å². The Balaban J connectivity index is 1.68. The summed E-state index contributed by atoms with van der Waals surface area (Å²) in [5.41, 5.74) is 2.54. The van der Waals surface area contributed by atoms with Crippen molar-refractivity contribution in [1.29, 1.82) is 0 Å². The minimum atomic E-state index is -0.945. The van der Waals surface area contributed by atoms with E-state index in [0.29, 0.717) is 13.2 Å². The molecule has 0 spiro atoms. The lowest BCUT2D eigenvalue weighted by atomic mass is 9.98. The van der Waals surface area contributed by atoms with Crippen LogP contribution in [0, 0.1) is 0 Å². The summed E-state index contributed by atoms with van der Waals surface area (Å²) in [6.45, 7) is 0.974. The monoisotopic (exact) mass is 398 g/mol. The standard InChI is InChI=1S/C22H26N2O5/c25-16-24-22(28)21(27)23-14-4-3-8-17-6-1-2-7-18(17)9-5-15-29-20-12-10-19(26)11-13-20/h1-2,6-7,10-13,16,26H,3-5,8-9,14-15H2,(H,23,27)(H,24,25,28). The number of ether oxygens (including phenoxy) is 1. The van der Waals surface area contributed by atoms with Crippen LogP contribution < -0.4 is 15.4 Å². The van der Waals surface area contributed by atoms with Crippen LogP contribution in [0.5, 0.6) is 11.5 Å². The highest BCUT2D eigenvalue weighted by molar-refractivity contribution is 6.36. The molecule has 0 aliphatic carbocycles. The first kappa shape index (κ1) is 21.9. The number of aryl methyl sites for hydroxylation is 2. The van der Waals surface area contributed by atoms with Gasteiger partial charge in [-0.25, -0.2) is 0 Å². The number of aromatic hydroxyl groups is 1. The van der Waals surface area contributed by atoms with Crippen LogP contribution in [0.2, 0.25) is 0 Å². The van der Waals surface area contributed by atoms with E-state index in [2.05, 4.69) is 17.4 Å². The molecule has 0 heterocycles. The molecule has 7 heteroatoms. The van der Waals surface area contributed by atoms with Gasteiger partial charge in [0.25, 0.3) is 0 Å². The SMILES string of the molecule is O=CNC(=O)C(=O)NCCCCc1ccccc1CCCOc1ccc(O)cc1. The van der Waals surface area contributed by atoms with Crippen molar-refractivity contribution >= 4 is 18.2 Å². The van der Waals surface area contributed by atoms with Gasteiger partial charge < -0.3 is 15.2 Å². The Kier molecular flexibility index (Phi) is 9.21. The minimum absolute atomic E-state index is 0.189. The molecule has 3 N–H and O–H groups in total. The highest BCUT2D eigenvalue weighted by atomic mass is 16.5. The molecule has 0 aliphatic heterocycles. The number of unbranched alkanes of at least 4 members (excludes halogenated alkanes) is 1. The molecule has 2 aromatic rings. The third kappa shape index (κ3) is 8.04. The van der Waals surface area contributed by atoms with Crippen LogP contribution in [0.3, 0.4) is 0 Å². The molecule has 0 radical (unpaired) electrons. The summed E-state index contributed by atoms with van der Waals surface area (Å²) in [5, 5.41) is 13.6. The topological polar surface area (TPSA) is 105 Å². The van der Waals surface area contributed by atoms with Crippen LogP contribution in [-0.2, 0) is 27.2 Å². The van der Waals surface area contributed by atoms with E-state index in [4.69, 9.17) is 4.74 Å². The summed E-state index contributed by atoms with van der Waals surface area (Å²) in [7, 11) is 0. The van der Waals surface area contributed by atoms with Crippen molar-refractivity contribution in [2.24, 2.45) is 0 Å². The number of carbonyl (C=O) groups excluding carboxylic acids is 3. The van der Waals surface area contributed by atoms with Crippen LogP contribution in [0.15, 0.2) is 48.5 Å². The van der Waals surface area contributed by atoms with Gasteiger partial charge in [-0.15, -0.1) is 0 Å². The first-order valence-electron chi connectivity index (χ1n) is 9.61. The summed E-state index contributed by atoms with van der Waals surface area (Å²) < 4.78 is 5.69. The number of imide groups is 1. The Labute approximate surface area is 170 Å². The summed E-state index contributed by atoms with van der Waals surface area (Å²) in [6, 6.07) is 14.9. The Morgan fingerprint density at radius 1 is 0.897 bits per heavy atom. The number of hydrogen-bond donors (Lipinski definition) is 3. The Bertz CT molecular complexity index is 805. The van der Waals surface area contributed by atoms with E-state index in [1.165, 1.54) is 11.1 Å². The summed E-state index contributed by atoms with van der Waals surface area (Å²) in [4.78, 5) is 32.6. The fraction of sp³-hybridized carbons (Fsp3) is 0.318. The molecule has 3 amide bonds. The van der Waals surface area contributed by atoms with Gasteiger partial charge in [-0.2, -0.15) is 0 Å². The molecule has 2 aromatic carbocycles. The number of phenolic OH excluding ortho intramolecular Hbond substituents is 1. The van der Waals surface area contributed by atoms with Gasteiger partial charge in [-0.1, -0.05) is 24.3 Å². The second-order valence-corrected chi connectivity index (χ2v) is 6.52. The molecule has 154 valence electrons. The quantitative estimate of drug-likeness (QED) is 0.305. The lowest BCUT2D eigenvalue weighted by Gasteiger charge is -2.11. The number of nitrogens with one attached hydrogen (secondary N) is 2. The predicted molar refractivity (Wildman–Crippen MR) is 109 cm³/mol. The molecule has 0 saturated heterocycles. The van der Waals surface area contributed by atoms with Gasteiger partial charge in [-0.05, 0) is 67.5 Å². The molecule has 7 nitrogen and oxygen atoms in total. The first-order chi connectivity index (χ1) is 14.1. The molecule has 0 atom stereocenters. The Hall–Kier alpha value is -3.35. The molecular formula is C22H26N2O5. The number of phenols is 1. The second-order valence-electron chi connectivity index (χ2n) is 6.52. The van der Waals surface area contributed by atoms with Gasteiger partial charge in [0.1, 0.15) is 11.5 Å². The van der Waals surface area contributed by atoms with E-state index < -0.39 is 11.8 Å². The highest BCUT2D eigenvalue weighted by Gasteiger charge is 2.11. The first-order valence-corrected chi connectivity index (χ1v) is 9.61. The van der Waals surface area contributed by atoms with Crippen LogP contribution in [-0.4, -0.2) is 36.5 Å². The van der Waals surface area contributed by atoms with Crippen molar-refractivity contribution in [2.75, 3.05) is 13.2 Å². The van der Waals surface area contributed by atoms with Crippen LogP contribution in [0.4, 0.5) is 0 Å². The van der Waals surface area contributed by atoms with Crippen molar-refractivity contribution < 1.29 is 24.2 Å². The molecule has 29 heavy (non-hydrogen) atoms. The number of carbonyl (C=O) groups is 3. The lowest BCUT2D eigenvalue weighted by Crippen LogP contribution is -2.39. The zero-order valence-electron chi connectivity index (χ0n) is 16.2. The van der Waals surface area contributed by atoms with Crippen molar-refractivity contribution in [2.45, 2.75) is 32.1 Å². The Morgan fingerprint density at radius 2 is 1.55 bits per heavy atom. The van der Waals surface area contributed by atoms with Gasteiger partial charge in [-0.3, -0.25) is 19.7 Å². The van der Waals surface area contributed by atoms with Crippen LogP contribution >= 0.6 is 0 Å². The maximum Gasteiger partial charge on any atom is 0.315 e. The van der Waals surface area contributed by atoms with Crippen molar-refractivity contribution in [3.05, 3.63) is 59.7 Å². The number of benzene rings is 2. The highest BCUT2D eigenvalue weighted by Crippen LogP contribution is 2.17. The van der Waals surface area contributed by atoms with Crippen molar-refractivity contribution in [3.63, 3.8) is 0 Å². The van der Waals surface area contributed by atoms with E-state index in [-0.39, 0.29) is 12.2 Å². The third-order valence-corrected chi connectivity index (χ3v) is 4.37. The number of amides is 3. The van der Waals surface area contributed by atoms with E-state index in [1.807, 2.05) is 12.1 Å². The predicted octanol–water partition coefficient (Wildman–Crippen LogP) is 2.12. The minimum Gasteiger partial charge on any atom is -0.508 e. The second kappa shape index (κ2) is 12.2. The lowest BCUT2D eigenvalue weighted by molar-refractivity contribution is -0.140. The molecule has 0 bridgehead atoms. The van der Waals surface area contributed by atoms with Crippen molar-refractivity contribution in [3.8, 4) is 11.5 Å². The summed E-state index contributed by atoms with van der Waals surface area (Å²) >= 11 is 0. The molecule has 0 saturated carbocycles. The number of rotatable bonds is 11. The fourth-order valence-corrected chi connectivity index (χ4v) is 2.88. The molecule has 0 unspecified atom stereocenters. The largest absolute Gasteiger partial charge is 0.508 e. The Morgan fingerprint density at radius 3 is 2.21 bits per heavy atom. The maximum absolute atomic E-state index is 11.4. The van der Waals surface area contributed by atoms with Gasteiger partial charge in [0, 0.05) is 6.54 Å². The molecule has 2 rings (SSSR count).